The molecule has 0 spiro atoms. The number of anilines is 2. The minimum absolute atomic E-state index is 0.114. The topological polar surface area (TPSA) is 125 Å². The summed E-state index contributed by atoms with van der Waals surface area (Å²) in [5.74, 6) is -0.655. The van der Waals surface area contributed by atoms with E-state index < -0.39 is 0 Å². The number of fused-ring (bicyclic) bond motifs is 2. The van der Waals surface area contributed by atoms with Crippen LogP contribution >= 0.6 is 0 Å². The molecule has 192 valence electrons. The van der Waals surface area contributed by atoms with Crippen molar-refractivity contribution in [1.29, 1.82) is 0 Å². The Kier molecular flexibility index (Phi) is 7.68. The van der Waals surface area contributed by atoms with Crippen LogP contribution in [0.5, 0.6) is 0 Å². The average Bonchev–Trinajstić information content (AvgIpc) is 3.58. The van der Waals surface area contributed by atoms with E-state index in [0.717, 1.165) is 19.4 Å². The highest BCUT2D eigenvalue weighted by Crippen LogP contribution is 2.37. The Bertz CT molecular complexity index is 1190. The van der Waals surface area contributed by atoms with Crippen LogP contribution in [0.2, 0.25) is 0 Å². The summed E-state index contributed by atoms with van der Waals surface area (Å²) >= 11 is 0. The lowest BCUT2D eigenvalue weighted by atomic mass is 10.1. The molecule has 11 heteroatoms. The number of aromatic nitrogens is 2. The van der Waals surface area contributed by atoms with E-state index in [0.29, 0.717) is 42.1 Å². The van der Waals surface area contributed by atoms with Crippen molar-refractivity contribution in [2.45, 2.75) is 37.8 Å². The number of carbonyl (C=O) groups is 3. The molecule has 2 bridgehead atoms. The van der Waals surface area contributed by atoms with Gasteiger partial charge in [-0.15, -0.1) is 0 Å². The molecule has 3 heterocycles. The Morgan fingerprint density at radius 1 is 0.972 bits per heavy atom. The van der Waals surface area contributed by atoms with Gasteiger partial charge in [0.05, 0.1) is 23.5 Å². The Labute approximate surface area is 210 Å². The van der Waals surface area contributed by atoms with Gasteiger partial charge in [-0.25, -0.2) is 0 Å². The van der Waals surface area contributed by atoms with Crippen LogP contribution in [-0.4, -0.2) is 71.0 Å². The van der Waals surface area contributed by atoms with Gasteiger partial charge >= 0.3 is 0 Å². The summed E-state index contributed by atoms with van der Waals surface area (Å²) in [5, 5.41) is 17.0. The zero-order chi connectivity index (χ0) is 25.8. The second-order valence-electron chi connectivity index (χ2n) is 9.59. The third-order valence-corrected chi connectivity index (χ3v) is 6.44. The molecular formula is C25H34N8O3. The van der Waals surface area contributed by atoms with E-state index >= 15 is 0 Å². The zero-order valence-electron chi connectivity index (χ0n) is 21.2. The number of hydrogen-bond donors (Lipinski definition) is 3. The van der Waals surface area contributed by atoms with Gasteiger partial charge in [0.25, 0.3) is 11.8 Å². The number of nitrogens with zero attached hydrogens (tertiary/aromatic N) is 5. The molecule has 3 N–H and O–H groups in total. The molecule has 1 aliphatic carbocycles. The minimum Gasteiger partial charge on any atom is -0.349 e. The molecule has 36 heavy (non-hydrogen) atoms. The summed E-state index contributed by atoms with van der Waals surface area (Å²) in [5.41, 5.74) is 3.15. The standard InChI is InChI=1S/C25H34N8O3/c1-31(2)11-10-26-24(35)21-13-17(15-32(21)3)28-25(36)22-12-16(14-33(22)4)27-23(34)7-5-6-18-19-8-9-20(18)30-29-19/h6,12-15,19-20H,5,7-11H2,1-4H3,(H,26,35)(H,27,34)(H,28,36)/t19-,20+. The first-order chi connectivity index (χ1) is 17.2. The molecule has 4 rings (SSSR count). The highest BCUT2D eigenvalue weighted by Gasteiger charge is 2.34. The number of hydrogen-bond acceptors (Lipinski definition) is 6. The Balaban J connectivity index is 1.29. The molecule has 2 aromatic heterocycles. The van der Waals surface area contributed by atoms with Gasteiger partial charge in [-0.2, -0.15) is 10.2 Å². The fourth-order valence-electron chi connectivity index (χ4n) is 4.54. The summed E-state index contributed by atoms with van der Waals surface area (Å²) in [6.45, 7) is 1.26. The fourth-order valence-corrected chi connectivity index (χ4v) is 4.54. The van der Waals surface area contributed by atoms with Crippen LogP contribution in [-0.2, 0) is 18.9 Å². The maximum atomic E-state index is 12.9. The molecule has 1 saturated carbocycles. The summed E-state index contributed by atoms with van der Waals surface area (Å²) in [7, 11) is 7.37. The summed E-state index contributed by atoms with van der Waals surface area (Å²) in [4.78, 5) is 39.7. The third-order valence-electron chi connectivity index (χ3n) is 6.44. The molecule has 11 nitrogen and oxygen atoms in total. The SMILES string of the molecule is CN(C)CCNC(=O)c1cc(NC(=O)c2cc(NC(=O)CCC=C3[C@@H]4CC[C@H]3N=N4)cn2C)cn1C. The number of aryl methyl sites for hydroxylation is 2. The van der Waals surface area contributed by atoms with Crippen LogP contribution < -0.4 is 16.0 Å². The molecule has 0 saturated heterocycles. The number of nitrogens with one attached hydrogen (secondary N) is 3. The highest BCUT2D eigenvalue weighted by molar-refractivity contribution is 6.05. The van der Waals surface area contributed by atoms with Crippen molar-refractivity contribution < 1.29 is 14.4 Å². The Morgan fingerprint density at radius 3 is 2.14 bits per heavy atom. The molecular weight excluding hydrogens is 460 g/mol. The third kappa shape index (κ3) is 5.91. The molecule has 0 unspecified atom stereocenters. The van der Waals surface area contributed by atoms with Gasteiger partial charge in [0.2, 0.25) is 5.91 Å². The molecule has 2 aliphatic rings. The number of allylic oxidation sites excluding steroid dienone is 1. The van der Waals surface area contributed by atoms with Crippen LogP contribution in [0, 0.1) is 0 Å². The van der Waals surface area contributed by atoms with E-state index in [9.17, 15) is 14.4 Å². The first kappa shape index (κ1) is 25.4. The second-order valence-corrected chi connectivity index (χ2v) is 9.59. The summed E-state index contributed by atoms with van der Waals surface area (Å²) in [6, 6.07) is 3.70. The number of azo groups is 1. The van der Waals surface area contributed by atoms with E-state index in [1.165, 1.54) is 5.57 Å². The predicted molar refractivity (Wildman–Crippen MR) is 137 cm³/mol. The smallest absolute Gasteiger partial charge is 0.272 e. The molecule has 0 radical (unpaired) electrons. The van der Waals surface area contributed by atoms with Crippen molar-refractivity contribution in [3.63, 3.8) is 0 Å². The van der Waals surface area contributed by atoms with Crippen LogP contribution in [0.1, 0.15) is 46.7 Å². The number of likely N-dealkylation sites (N-methyl/N-ethyl adjacent to an activating group) is 1. The quantitative estimate of drug-likeness (QED) is 0.439. The number of rotatable bonds is 10. The van der Waals surface area contributed by atoms with Crippen molar-refractivity contribution in [3.8, 4) is 0 Å². The summed E-state index contributed by atoms with van der Waals surface area (Å²) in [6.07, 6.45) is 8.58. The molecule has 1 fully saturated rings. The van der Waals surface area contributed by atoms with Crippen molar-refractivity contribution in [2.24, 2.45) is 24.3 Å². The minimum atomic E-state index is -0.336. The maximum Gasteiger partial charge on any atom is 0.272 e. The molecule has 3 amide bonds. The average molecular weight is 495 g/mol. The van der Waals surface area contributed by atoms with Gasteiger partial charge in [-0.1, -0.05) is 6.08 Å². The van der Waals surface area contributed by atoms with Crippen molar-refractivity contribution in [2.75, 3.05) is 37.8 Å². The Hall–Kier alpha value is -3.73. The second kappa shape index (κ2) is 10.9. The molecule has 0 aromatic carbocycles. The van der Waals surface area contributed by atoms with E-state index in [1.54, 1.807) is 47.8 Å². The fraction of sp³-hybridized carbons (Fsp3) is 0.480. The lowest BCUT2D eigenvalue weighted by molar-refractivity contribution is -0.116. The normalized spacial score (nSPS) is 19.3. The zero-order valence-corrected chi connectivity index (χ0v) is 21.2. The largest absolute Gasteiger partial charge is 0.349 e. The summed E-state index contributed by atoms with van der Waals surface area (Å²) < 4.78 is 3.33. The van der Waals surface area contributed by atoms with Crippen LogP contribution in [0.25, 0.3) is 0 Å². The predicted octanol–water partition coefficient (Wildman–Crippen LogP) is 2.55. The first-order valence-electron chi connectivity index (χ1n) is 12.2. The molecule has 2 aromatic rings. The highest BCUT2D eigenvalue weighted by atomic mass is 16.2. The number of carbonyl (C=O) groups excluding carboxylic acids is 3. The van der Waals surface area contributed by atoms with Gasteiger partial charge in [-0.3, -0.25) is 14.4 Å². The lowest BCUT2D eigenvalue weighted by Gasteiger charge is -2.10. The lowest BCUT2D eigenvalue weighted by Crippen LogP contribution is -2.32. The van der Waals surface area contributed by atoms with Crippen molar-refractivity contribution >= 4 is 29.1 Å². The van der Waals surface area contributed by atoms with Crippen molar-refractivity contribution in [3.05, 3.63) is 47.6 Å². The van der Waals surface area contributed by atoms with Crippen molar-refractivity contribution in [1.82, 2.24) is 19.4 Å². The van der Waals surface area contributed by atoms with Gasteiger partial charge < -0.3 is 30.0 Å². The number of amides is 3. The van der Waals surface area contributed by atoms with Gasteiger partial charge in [0.15, 0.2) is 0 Å². The first-order valence-corrected chi connectivity index (χ1v) is 12.2. The van der Waals surface area contributed by atoms with E-state index in [-0.39, 0.29) is 29.8 Å². The van der Waals surface area contributed by atoms with Crippen LogP contribution in [0.3, 0.4) is 0 Å². The van der Waals surface area contributed by atoms with E-state index in [1.807, 2.05) is 19.0 Å². The van der Waals surface area contributed by atoms with Gasteiger partial charge in [0.1, 0.15) is 11.4 Å². The van der Waals surface area contributed by atoms with E-state index in [4.69, 9.17) is 0 Å². The molecule has 2 atom stereocenters. The monoisotopic (exact) mass is 494 g/mol. The Morgan fingerprint density at radius 2 is 1.56 bits per heavy atom. The van der Waals surface area contributed by atoms with Gasteiger partial charge in [0, 0.05) is 46.0 Å². The molecule has 1 aliphatic heterocycles. The van der Waals surface area contributed by atoms with Gasteiger partial charge in [-0.05, 0) is 51.1 Å². The maximum absolute atomic E-state index is 12.9. The van der Waals surface area contributed by atoms with Crippen LogP contribution in [0.4, 0.5) is 11.4 Å². The van der Waals surface area contributed by atoms with E-state index in [2.05, 4.69) is 32.3 Å². The van der Waals surface area contributed by atoms with Crippen LogP contribution in [0.15, 0.2) is 46.4 Å².